The molecule has 0 heterocycles. The lowest BCUT2D eigenvalue weighted by atomic mass is 9.79. The van der Waals surface area contributed by atoms with Crippen molar-refractivity contribution in [2.45, 2.75) is 236 Å². The average Bonchev–Trinajstić information content (AvgIpc) is 1.90. The van der Waals surface area contributed by atoms with E-state index >= 15 is 0 Å². The van der Waals surface area contributed by atoms with E-state index in [1.54, 1.807) is 0 Å². The predicted molar refractivity (Wildman–Crippen MR) is 365 cm³/mol. The Hall–Kier alpha value is -6.12. The van der Waals surface area contributed by atoms with E-state index in [9.17, 15) is 0 Å². The molecule has 0 unspecified atom stereocenters. The van der Waals surface area contributed by atoms with Crippen LogP contribution in [-0.4, -0.2) is 0 Å². The number of benzene rings is 8. The molecule has 0 aromatic heterocycles. The van der Waals surface area contributed by atoms with Crippen LogP contribution in [0.3, 0.4) is 0 Å². The van der Waals surface area contributed by atoms with Crippen molar-refractivity contribution in [3.8, 4) is 11.1 Å². The first-order valence-electron chi connectivity index (χ1n) is 30.7. The Morgan fingerprint density at radius 2 is 0.415 bits per heavy atom. The normalized spacial score (nSPS) is 13.5. The Morgan fingerprint density at radius 3 is 0.659 bits per heavy atom. The molecule has 0 radical (unpaired) electrons. The Morgan fingerprint density at radius 1 is 0.195 bits per heavy atom. The standard InChI is InChI=1S/C80H104N2/c1-72(2,3)53-35-32-51(33-36-53)52-34-37-68-69(38-52)71(82(64-47-58(77(16,17)18)41-59(48-64)78(19,20)21)65-49-60(79(22,23)24)42-61(50-65)80(25,26)27)67-31-29-28-30-66(67)70(68)81(62-43-54(73(4,5)6)39-55(44-62)74(7,8)9)63-45-56(75(10,11)12)40-57(46-63)76(13,14)15/h28-50H,1-27H3. The molecule has 8 rings (SSSR count). The molecule has 8 aromatic rings. The highest BCUT2D eigenvalue weighted by atomic mass is 15.2. The van der Waals surface area contributed by atoms with Crippen LogP contribution >= 0.6 is 0 Å². The average molecular weight is 1090 g/mol. The number of rotatable bonds is 7. The van der Waals surface area contributed by atoms with Gasteiger partial charge in [0.2, 0.25) is 0 Å². The fraction of sp³-hybridized carbons (Fsp3) is 0.450. The first kappa shape index (κ1) is 61.9. The Labute approximate surface area is 499 Å². The van der Waals surface area contributed by atoms with E-state index in [0.717, 1.165) is 0 Å². The molecule has 82 heavy (non-hydrogen) atoms. The van der Waals surface area contributed by atoms with Crippen molar-refractivity contribution in [3.63, 3.8) is 0 Å². The van der Waals surface area contributed by atoms with Gasteiger partial charge in [0, 0.05) is 44.3 Å². The monoisotopic (exact) mass is 1090 g/mol. The van der Waals surface area contributed by atoms with Crippen molar-refractivity contribution in [3.05, 3.63) is 190 Å². The van der Waals surface area contributed by atoms with Crippen molar-refractivity contribution in [1.29, 1.82) is 0 Å². The van der Waals surface area contributed by atoms with Gasteiger partial charge in [-0.1, -0.05) is 272 Å². The lowest BCUT2D eigenvalue weighted by Crippen LogP contribution is -2.22. The second kappa shape index (κ2) is 20.9. The van der Waals surface area contributed by atoms with Gasteiger partial charge in [-0.15, -0.1) is 0 Å². The van der Waals surface area contributed by atoms with Gasteiger partial charge in [0.25, 0.3) is 0 Å². The summed E-state index contributed by atoms with van der Waals surface area (Å²) in [5.74, 6) is 0. The molecule has 0 fully saturated rings. The summed E-state index contributed by atoms with van der Waals surface area (Å²) in [5, 5.41) is 4.77. The van der Waals surface area contributed by atoms with Gasteiger partial charge in [0.15, 0.2) is 0 Å². The Kier molecular flexibility index (Phi) is 15.8. The highest BCUT2D eigenvalue weighted by Gasteiger charge is 2.33. The van der Waals surface area contributed by atoms with Crippen LogP contribution in [0.4, 0.5) is 34.1 Å². The van der Waals surface area contributed by atoms with Gasteiger partial charge in [-0.05, 0) is 165 Å². The van der Waals surface area contributed by atoms with E-state index in [1.807, 2.05) is 0 Å². The van der Waals surface area contributed by atoms with Crippen LogP contribution in [0.2, 0.25) is 0 Å². The minimum atomic E-state index is -0.118. The third-order valence-electron chi connectivity index (χ3n) is 17.1. The second-order valence-electron chi connectivity index (χ2n) is 33.6. The van der Waals surface area contributed by atoms with Gasteiger partial charge in [-0.2, -0.15) is 0 Å². The lowest BCUT2D eigenvalue weighted by molar-refractivity contribution is 0.567. The molecule has 0 spiro atoms. The van der Waals surface area contributed by atoms with Crippen molar-refractivity contribution >= 4 is 55.7 Å². The third kappa shape index (κ3) is 13.0. The molecule has 0 aliphatic heterocycles. The van der Waals surface area contributed by atoms with E-state index in [2.05, 4.69) is 336 Å². The van der Waals surface area contributed by atoms with Crippen molar-refractivity contribution < 1.29 is 0 Å². The summed E-state index contributed by atoms with van der Waals surface area (Å²) in [6.45, 7) is 63.7. The van der Waals surface area contributed by atoms with Gasteiger partial charge in [0.05, 0.1) is 11.4 Å². The quantitative estimate of drug-likeness (QED) is 0.116. The molecule has 0 atom stereocenters. The van der Waals surface area contributed by atoms with Crippen LogP contribution in [0.25, 0.3) is 32.7 Å². The molecular weight excluding hydrogens is 989 g/mol. The van der Waals surface area contributed by atoms with Crippen LogP contribution < -0.4 is 9.80 Å². The molecule has 0 aliphatic rings. The van der Waals surface area contributed by atoms with E-state index in [-0.39, 0.29) is 48.7 Å². The fourth-order valence-corrected chi connectivity index (χ4v) is 11.2. The summed E-state index contributed by atoms with van der Waals surface area (Å²) in [4.78, 5) is 5.34. The maximum absolute atomic E-state index is 2.68. The van der Waals surface area contributed by atoms with Gasteiger partial charge >= 0.3 is 0 Å². The number of hydrogen-bond donors (Lipinski definition) is 0. The van der Waals surface area contributed by atoms with Crippen LogP contribution in [0.1, 0.15) is 237 Å². The summed E-state index contributed by atoms with van der Waals surface area (Å²) in [7, 11) is 0. The molecule has 2 nitrogen and oxygen atoms in total. The molecule has 8 aromatic carbocycles. The molecule has 2 heteroatoms. The fourth-order valence-electron chi connectivity index (χ4n) is 11.2. The SMILES string of the molecule is CC(C)(C)c1ccc(-c2ccc3c(N(c4cc(C(C)(C)C)cc(C(C)(C)C)c4)c4cc(C(C)(C)C)cc(C(C)(C)C)c4)c4ccccc4c(N(c4cc(C(C)(C)C)cc(C(C)(C)C)c4)c4cc(C(C)(C)C)cc(C(C)(C)C)c4)c3c2)cc1. The molecular formula is C80H104N2. The van der Waals surface area contributed by atoms with Gasteiger partial charge in [-0.3, -0.25) is 0 Å². The van der Waals surface area contributed by atoms with Gasteiger partial charge in [-0.25, -0.2) is 0 Å². The summed E-state index contributed by atoms with van der Waals surface area (Å²) in [5.41, 5.74) is 20.4. The predicted octanol–water partition coefficient (Wildman–Crippen LogP) is 24.3. The van der Waals surface area contributed by atoms with Crippen LogP contribution in [-0.2, 0) is 48.7 Å². The highest BCUT2D eigenvalue weighted by molar-refractivity contribution is 6.24. The maximum atomic E-state index is 2.68. The van der Waals surface area contributed by atoms with E-state index in [4.69, 9.17) is 0 Å². The van der Waals surface area contributed by atoms with Crippen LogP contribution in [0.5, 0.6) is 0 Å². The minimum absolute atomic E-state index is 0.0299. The maximum Gasteiger partial charge on any atom is 0.0620 e. The minimum Gasteiger partial charge on any atom is -0.309 e. The summed E-state index contributed by atoms with van der Waals surface area (Å²) < 4.78 is 0. The molecule has 434 valence electrons. The number of anilines is 6. The summed E-state index contributed by atoms with van der Waals surface area (Å²) >= 11 is 0. The zero-order valence-corrected chi connectivity index (χ0v) is 56.2. The third-order valence-corrected chi connectivity index (χ3v) is 17.1. The Bertz CT molecular complexity index is 3380. The smallest absolute Gasteiger partial charge is 0.0620 e. The second-order valence-corrected chi connectivity index (χ2v) is 33.6. The first-order chi connectivity index (χ1) is 37.3. The number of fused-ring (bicyclic) bond motifs is 2. The van der Waals surface area contributed by atoms with Crippen LogP contribution in [0, 0.1) is 0 Å². The van der Waals surface area contributed by atoms with Crippen molar-refractivity contribution in [2.24, 2.45) is 0 Å². The number of hydrogen-bond acceptors (Lipinski definition) is 2. The topological polar surface area (TPSA) is 6.48 Å². The highest BCUT2D eigenvalue weighted by Crippen LogP contribution is 2.54. The zero-order valence-electron chi connectivity index (χ0n) is 56.2. The lowest BCUT2D eigenvalue weighted by Gasteiger charge is -2.37. The molecule has 0 aliphatic carbocycles. The van der Waals surface area contributed by atoms with E-state index in [1.165, 1.54) is 117 Å². The van der Waals surface area contributed by atoms with Crippen molar-refractivity contribution in [1.82, 2.24) is 0 Å². The van der Waals surface area contributed by atoms with Gasteiger partial charge < -0.3 is 9.80 Å². The van der Waals surface area contributed by atoms with Crippen molar-refractivity contribution in [2.75, 3.05) is 9.80 Å². The first-order valence-corrected chi connectivity index (χ1v) is 30.7. The Balaban J connectivity index is 1.69. The molecule has 0 saturated carbocycles. The van der Waals surface area contributed by atoms with E-state index in [0.29, 0.717) is 0 Å². The van der Waals surface area contributed by atoms with E-state index < -0.39 is 0 Å². The van der Waals surface area contributed by atoms with Crippen LogP contribution in [0.15, 0.2) is 140 Å². The summed E-state index contributed by atoms with van der Waals surface area (Å²) in [6, 6.07) is 56.0. The summed E-state index contributed by atoms with van der Waals surface area (Å²) in [6.07, 6.45) is 0. The molecule has 0 N–H and O–H groups in total. The molecule has 0 bridgehead atoms. The number of nitrogens with zero attached hydrogens (tertiary/aromatic N) is 2. The largest absolute Gasteiger partial charge is 0.309 e. The molecule has 0 saturated heterocycles. The van der Waals surface area contributed by atoms with Gasteiger partial charge in [0.1, 0.15) is 0 Å². The zero-order chi connectivity index (χ0) is 61.0. The molecule has 0 amide bonds.